The van der Waals surface area contributed by atoms with Gasteiger partial charge in [-0.25, -0.2) is 0 Å². The van der Waals surface area contributed by atoms with Crippen LogP contribution in [-0.4, -0.2) is 34.6 Å². The predicted molar refractivity (Wildman–Crippen MR) is 70.4 cm³/mol. The number of nitrogens with zero attached hydrogens (tertiary/aromatic N) is 2. The SMILES string of the molecule is CN(Cc1ccon1)C(=O)[C@@H]1C[C@H]1C(=O)OC(C)(C)C. The second kappa shape index (κ2) is 5.26. The molecule has 6 nitrogen and oxygen atoms in total. The molecule has 1 aliphatic carbocycles. The molecular formula is C14H20N2O4. The average molecular weight is 280 g/mol. The summed E-state index contributed by atoms with van der Waals surface area (Å²) >= 11 is 0. The van der Waals surface area contributed by atoms with Crippen molar-refractivity contribution in [1.29, 1.82) is 0 Å². The van der Waals surface area contributed by atoms with Crippen molar-refractivity contribution in [2.24, 2.45) is 11.8 Å². The van der Waals surface area contributed by atoms with Crippen molar-refractivity contribution in [3.8, 4) is 0 Å². The molecule has 2 atom stereocenters. The molecule has 1 aromatic rings. The Balaban J connectivity index is 1.85. The Morgan fingerprint density at radius 3 is 2.70 bits per heavy atom. The molecule has 0 aromatic carbocycles. The third kappa shape index (κ3) is 3.59. The van der Waals surface area contributed by atoms with Crippen LogP contribution in [0.2, 0.25) is 0 Å². The van der Waals surface area contributed by atoms with Crippen molar-refractivity contribution in [2.75, 3.05) is 7.05 Å². The molecule has 1 amide bonds. The van der Waals surface area contributed by atoms with E-state index in [1.165, 1.54) is 6.26 Å². The van der Waals surface area contributed by atoms with Gasteiger partial charge in [-0.1, -0.05) is 5.16 Å². The van der Waals surface area contributed by atoms with Crippen LogP contribution in [0.4, 0.5) is 0 Å². The Kier molecular flexibility index (Phi) is 3.83. The Hall–Kier alpha value is -1.85. The monoisotopic (exact) mass is 280 g/mol. The zero-order valence-corrected chi connectivity index (χ0v) is 12.3. The van der Waals surface area contributed by atoms with Crippen molar-refractivity contribution < 1.29 is 18.8 Å². The average Bonchev–Trinajstić information content (AvgIpc) is 2.97. The molecule has 0 unspecified atom stereocenters. The zero-order valence-electron chi connectivity index (χ0n) is 12.3. The summed E-state index contributed by atoms with van der Waals surface area (Å²) in [5, 5.41) is 3.76. The topological polar surface area (TPSA) is 72.6 Å². The van der Waals surface area contributed by atoms with Gasteiger partial charge >= 0.3 is 5.97 Å². The zero-order chi connectivity index (χ0) is 14.9. The Bertz CT molecular complexity index is 490. The molecule has 0 N–H and O–H groups in total. The van der Waals surface area contributed by atoms with Crippen LogP contribution in [-0.2, 0) is 20.9 Å². The maximum Gasteiger partial charge on any atom is 0.310 e. The quantitative estimate of drug-likeness (QED) is 0.783. The van der Waals surface area contributed by atoms with E-state index in [-0.39, 0.29) is 23.7 Å². The van der Waals surface area contributed by atoms with E-state index in [4.69, 9.17) is 9.26 Å². The van der Waals surface area contributed by atoms with E-state index in [2.05, 4.69) is 5.16 Å². The number of rotatable bonds is 4. The van der Waals surface area contributed by atoms with Gasteiger partial charge in [0.25, 0.3) is 0 Å². The first-order chi connectivity index (χ1) is 9.28. The number of carbonyl (C=O) groups excluding carboxylic acids is 2. The summed E-state index contributed by atoms with van der Waals surface area (Å²) in [5.41, 5.74) is 0.176. The lowest BCUT2D eigenvalue weighted by atomic mass is 10.2. The Labute approximate surface area is 118 Å². The normalized spacial score (nSPS) is 21.4. The molecule has 1 aromatic heterocycles. The van der Waals surface area contributed by atoms with Crippen LogP contribution in [0.25, 0.3) is 0 Å². The minimum Gasteiger partial charge on any atom is -0.460 e. The largest absolute Gasteiger partial charge is 0.460 e. The van der Waals surface area contributed by atoms with Crippen molar-refractivity contribution in [3.63, 3.8) is 0 Å². The molecule has 1 heterocycles. The molecule has 0 saturated heterocycles. The van der Waals surface area contributed by atoms with Gasteiger partial charge in [0.1, 0.15) is 17.6 Å². The van der Waals surface area contributed by atoms with Gasteiger partial charge in [0.15, 0.2) is 0 Å². The molecule has 0 spiro atoms. The molecule has 0 bridgehead atoms. The lowest BCUT2D eigenvalue weighted by Crippen LogP contribution is -2.30. The Morgan fingerprint density at radius 1 is 1.45 bits per heavy atom. The molecular weight excluding hydrogens is 260 g/mol. The molecule has 2 rings (SSSR count). The summed E-state index contributed by atoms with van der Waals surface area (Å²) in [6.07, 6.45) is 2.03. The van der Waals surface area contributed by atoms with Gasteiger partial charge in [0, 0.05) is 13.1 Å². The van der Waals surface area contributed by atoms with Crippen LogP contribution < -0.4 is 0 Å². The first-order valence-electron chi connectivity index (χ1n) is 6.65. The van der Waals surface area contributed by atoms with Crippen LogP contribution >= 0.6 is 0 Å². The third-order valence-electron chi connectivity index (χ3n) is 3.08. The summed E-state index contributed by atoms with van der Waals surface area (Å²) in [7, 11) is 1.70. The highest BCUT2D eigenvalue weighted by Crippen LogP contribution is 2.41. The van der Waals surface area contributed by atoms with Gasteiger partial charge in [0.05, 0.1) is 18.4 Å². The van der Waals surface area contributed by atoms with Gasteiger partial charge < -0.3 is 14.2 Å². The standard InChI is InChI=1S/C14H20N2O4/c1-14(2,3)20-13(18)11-7-10(11)12(17)16(4)8-9-5-6-19-15-9/h5-6,10-11H,7-8H2,1-4H3/t10-,11-/m1/s1. The fourth-order valence-corrected chi connectivity index (χ4v) is 2.03. The minimum atomic E-state index is -0.514. The second-order valence-electron chi connectivity index (χ2n) is 6.17. The van der Waals surface area contributed by atoms with Crippen molar-refractivity contribution in [2.45, 2.75) is 39.3 Å². The number of hydrogen-bond donors (Lipinski definition) is 0. The summed E-state index contributed by atoms with van der Waals surface area (Å²) in [6, 6.07) is 1.71. The fraction of sp³-hybridized carbons (Fsp3) is 0.643. The highest BCUT2D eigenvalue weighted by Gasteiger charge is 2.50. The molecule has 1 saturated carbocycles. The number of esters is 1. The first-order valence-corrected chi connectivity index (χ1v) is 6.65. The molecule has 20 heavy (non-hydrogen) atoms. The molecule has 1 fully saturated rings. The summed E-state index contributed by atoms with van der Waals surface area (Å²) < 4.78 is 10.0. The fourth-order valence-electron chi connectivity index (χ4n) is 2.03. The van der Waals surface area contributed by atoms with E-state index in [0.29, 0.717) is 18.7 Å². The second-order valence-corrected chi connectivity index (χ2v) is 6.17. The third-order valence-corrected chi connectivity index (χ3v) is 3.08. The molecule has 6 heteroatoms. The molecule has 1 aliphatic rings. The van der Waals surface area contributed by atoms with E-state index in [1.54, 1.807) is 18.0 Å². The number of carbonyl (C=O) groups is 2. The molecule has 0 radical (unpaired) electrons. The lowest BCUT2D eigenvalue weighted by Gasteiger charge is -2.20. The minimum absolute atomic E-state index is 0.0520. The van der Waals surface area contributed by atoms with E-state index >= 15 is 0 Å². The van der Waals surface area contributed by atoms with Gasteiger partial charge in [0.2, 0.25) is 5.91 Å². The maximum atomic E-state index is 12.2. The summed E-state index contributed by atoms with van der Waals surface area (Å²) in [6.45, 7) is 5.84. The van der Waals surface area contributed by atoms with Gasteiger partial charge in [-0.05, 0) is 27.2 Å². The van der Waals surface area contributed by atoms with Crippen LogP contribution in [0.3, 0.4) is 0 Å². The van der Waals surface area contributed by atoms with E-state index in [1.807, 2.05) is 20.8 Å². The van der Waals surface area contributed by atoms with Gasteiger partial charge in [-0.15, -0.1) is 0 Å². The smallest absolute Gasteiger partial charge is 0.310 e. The van der Waals surface area contributed by atoms with Crippen molar-refractivity contribution in [1.82, 2.24) is 10.1 Å². The number of amides is 1. The van der Waals surface area contributed by atoms with E-state index < -0.39 is 5.60 Å². The lowest BCUT2D eigenvalue weighted by molar-refractivity contribution is -0.157. The van der Waals surface area contributed by atoms with Crippen LogP contribution in [0.5, 0.6) is 0 Å². The Morgan fingerprint density at radius 2 is 2.15 bits per heavy atom. The van der Waals surface area contributed by atoms with E-state index in [0.717, 1.165) is 0 Å². The van der Waals surface area contributed by atoms with Crippen molar-refractivity contribution >= 4 is 11.9 Å². The van der Waals surface area contributed by atoms with Crippen LogP contribution in [0.1, 0.15) is 32.9 Å². The predicted octanol–water partition coefficient (Wildman–Crippen LogP) is 1.61. The van der Waals surface area contributed by atoms with E-state index in [9.17, 15) is 9.59 Å². The highest BCUT2D eigenvalue weighted by molar-refractivity contribution is 5.90. The van der Waals surface area contributed by atoms with Crippen LogP contribution in [0.15, 0.2) is 16.9 Å². The maximum absolute atomic E-state index is 12.2. The first kappa shape index (κ1) is 14.6. The van der Waals surface area contributed by atoms with Gasteiger partial charge in [-0.2, -0.15) is 0 Å². The summed E-state index contributed by atoms with van der Waals surface area (Å²) in [4.78, 5) is 25.6. The van der Waals surface area contributed by atoms with Crippen LogP contribution in [0, 0.1) is 11.8 Å². The number of aromatic nitrogens is 1. The van der Waals surface area contributed by atoms with Crippen molar-refractivity contribution in [3.05, 3.63) is 18.0 Å². The molecule has 0 aliphatic heterocycles. The summed E-state index contributed by atoms with van der Waals surface area (Å²) in [5.74, 6) is -0.905. The molecule has 110 valence electrons. The number of ether oxygens (including phenoxy) is 1. The highest BCUT2D eigenvalue weighted by atomic mass is 16.6. The van der Waals surface area contributed by atoms with Gasteiger partial charge in [-0.3, -0.25) is 9.59 Å². The number of hydrogen-bond acceptors (Lipinski definition) is 5.